The summed E-state index contributed by atoms with van der Waals surface area (Å²) in [7, 11) is 0. The Kier molecular flexibility index (Phi) is 3.86. The fourth-order valence-electron chi connectivity index (χ4n) is 1.31. The Hall–Kier alpha value is -2.31. The van der Waals surface area contributed by atoms with Crippen LogP contribution in [0.25, 0.3) is 0 Å². The number of nitrogens with zero attached hydrogens (tertiary/aromatic N) is 1. The first-order valence-electron chi connectivity index (χ1n) is 5.01. The van der Waals surface area contributed by atoms with Crippen LogP contribution < -0.4 is 22.5 Å². The third-order valence-corrected chi connectivity index (χ3v) is 2.07. The van der Waals surface area contributed by atoms with Crippen LogP contribution in [-0.2, 0) is 4.79 Å². The lowest BCUT2D eigenvalue weighted by Gasteiger charge is -2.14. The molecular weight excluding hydrogens is 222 g/mol. The first kappa shape index (κ1) is 12.8. The molecule has 1 aromatic rings. The van der Waals surface area contributed by atoms with E-state index in [1.807, 2.05) is 0 Å². The third kappa shape index (κ3) is 3.63. The van der Waals surface area contributed by atoms with E-state index in [4.69, 9.17) is 17.2 Å². The van der Waals surface area contributed by atoms with Gasteiger partial charge in [-0.05, 0) is 19.1 Å². The van der Waals surface area contributed by atoms with E-state index in [2.05, 4.69) is 10.3 Å². The maximum atomic E-state index is 10.9. The van der Waals surface area contributed by atoms with Gasteiger partial charge in [-0.25, -0.2) is 4.98 Å². The van der Waals surface area contributed by atoms with Gasteiger partial charge in [-0.15, -0.1) is 0 Å². The highest BCUT2D eigenvalue weighted by Gasteiger charge is 2.11. The first-order valence-corrected chi connectivity index (χ1v) is 5.01. The van der Waals surface area contributed by atoms with Crippen molar-refractivity contribution in [2.24, 2.45) is 11.5 Å². The van der Waals surface area contributed by atoms with E-state index in [-0.39, 0.29) is 18.2 Å². The van der Waals surface area contributed by atoms with Crippen LogP contribution in [0.15, 0.2) is 12.1 Å². The van der Waals surface area contributed by atoms with Crippen LogP contribution in [0.4, 0.5) is 11.5 Å². The van der Waals surface area contributed by atoms with Crippen LogP contribution in [0.5, 0.6) is 0 Å². The lowest BCUT2D eigenvalue weighted by atomic mass is 10.2. The molecule has 0 aliphatic carbocycles. The molecule has 0 aliphatic heterocycles. The van der Waals surface area contributed by atoms with Gasteiger partial charge in [-0.1, -0.05) is 0 Å². The predicted molar refractivity (Wildman–Crippen MR) is 64.1 cm³/mol. The van der Waals surface area contributed by atoms with Crippen LogP contribution in [0.1, 0.15) is 23.8 Å². The summed E-state index contributed by atoms with van der Waals surface area (Å²) in [4.78, 5) is 25.6. The topological polar surface area (TPSA) is 137 Å². The zero-order chi connectivity index (χ0) is 13.0. The van der Waals surface area contributed by atoms with E-state index >= 15 is 0 Å². The van der Waals surface area contributed by atoms with Crippen LogP contribution >= 0.6 is 0 Å². The molecule has 1 rings (SSSR count). The van der Waals surface area contributed by atoms with Gasteiger partial charge in [0.15, 0.2) is 0 Å². The number of hydrogen-bond acceptors (Lipinski definition) is 5. The minimum atomic E-state index is -0.643. The second-order valence-corrected chi connectivity index (χ2v) is 3.71. The van der Waals surface area contributed by atoms with Crippen molar-refractivity contribution < 1.29 is 9.59 Å². The number of aromatic nitrogens is 1. The Morgan fingerprint density at radius 1 is 1.41 bits per heavy atom. The zero-order valence-electron chi connectivity index (χ0n) is 9.43. The van der Waals surface area contributed by atoms with Gasteiger partial charge in [-0.3, -0.25) is 9.59 Å². The quantitative estimate of drug-likeness (QED) is 0.544. The van der Waals surface area contributed by atoms with E-state index < -0.39 is 11.8 Å². The molecule has 0 spiro atoms. The number of nitrogens with two attached hydrogens (primary N) is 3. The Morgan fingerprint density at radius 2 is 2.06 bits per heavy atom. The number of hydrogen-bond donors (Lipinski definition) is 4. The monoisotopic (exact) mass is 237 g/mol. The molecule has 0 saturated heterocycles. The molecule has 1 aromatic heterocycles. The fraction of sp³-hybridized carbons (Fsp3) is 0.300. The summed E-state index contributed by atoms with van der Waals surface area (Å²) in [6.45, 7) is 1.75. The lowest BCUT2D eigenvalue weighted by Crippen LogP contribution is -2.25. The van der Waals surface area contributed by atoms with E-state index in [0.29, 0.717) is 11.5 Å². The smallest absolute Gasteiger partial charge is 0.267 e. The normalized spacial score (nSPS) is 11.8. The maximum absolute atomic E-state index is 10.9. The van der Waals surface area contributed by atoms with Crippen LogP contribution in [0.3, 0.4) is 0 Å². The molecule has 0 aromatic carbocycles. The largest absolute Gasteiger partial charge is 0.396 e. The molecule has 0 saturated carbocycles. The van der Waals surface area contributed by atoms with Crippen molar-refractivity contribution in [1.82, 2.24) is 4.98 Å². The number of anilines is 2. The number of pyridine rings is 1. The summed E-state index contributed by atoms with van der Waals surface area (Å²) in [5.74, 6) is -0.764. The molecule has 92 valence electrons. The van der Waals surface area contributed by atoms with Crippen LogP contribution in [-0.4, -0.2) is 22.8 Å². The van der Waals surface area contributed by atoms with Crippen molar-refractivity contribution in [3.63, 3.8) is 0 Å². The molecule has 1 unspecified atom stereocenters. The molecule has 7 heteroatoms. The van der Waals surface area contributed by atoms with Crippen molar-refractivity contribution in [3.8, 4) is 0 Å². The summed E-state index contributed by atoms with van der Waals surface area (Å²) < 4.78 is 0. The number of primary amides is 2. The highest BCUT2D eigenvalue weighted by atomic mass is 16.1. The molecule has 0 radical (unpaired) electrons. The standard InChI is InChI=1S/C10H15N5O2/c1-5(4-8(12)16)14-10-6(11)2-3-7(15-10)9(13)17/h2-3,5H,4,11H2,1H3,(H2,12,16)(H2,13,17)(H,14,15). The van der Waals surface area contributed by atoms with Gasteiger partial charge in [0.25, 0.3) is 5.91 Å². The van der Waals surface area contributed by atoms with E-state index in [1.54, 1.807) is 6.92 Å². The molecule has 2 amide bonds. The summed E-state index contributed by atoms with van der Waals surface area (Å²) in [5, 5.41) is 2.89. The number of nitrogens with one attached hydrogen (secondary N) is 1. The number of carbonyl (C=O) groups excluding carboxylic acids is 2. The summed E-state index contributed by atoms with van der Waals surface area (Å²) in [5.41, 5.74) is 16.3. The van der Waals surface area contributed by atoms with Gasteiger partial charge in [0.05, 0.1) is 5.69 Å². The fourth-order valence-corrected chi connectivity index (χ4v) is 1.31. The van der Waals surface area contributed by atoms with Crippen molar-refractivity contribution in [2.75, 3.05) is 11.1 Å². The molecule has 7 nitrogen and oxygen atoms in total. The second kappa shape index (κ2) is 5.15. The van der Waals surface area contributed by atoms with Crippen molar-refractivity contribution in [1.29, 1.82) is 0 Å². The molecule has 0 aliphatic rings. The second-order valence-electron chi connectivity index (χ2n) is 3.71. The molecule has 0 fully saturated rings. The van der Waals surface area contributed by atoms with Gasteiger partial charge in [0.2, 0.25) is 5.91 Å². The van der Waals surface area contributed by atoms with E-state index in [9.17, 15) is 9.59 Å². The van der Waals surface area contributed by atoms with Crippen LogP contribution in [0.2, 0.25) is 0 Å². The highest BCUT2D eigenvalue weighted by molar-refractivity contribution is 5.91. The first-order chi connectivity index (χ1) is 7.90. The summed E-state index contributed by atoms with van der Waals surface area (Å²) in [6, 6.07) is 2.72. The van der Waals surface area contributed by atoms with E-state index in [0.717, 1.165) is 0 Å². The van der Waals surface area contributed by atoms with Gasteiger partial charge in [0.1, 0.15) is 11.5 Å². The Balaban J connectivity index is 2.86. The number of amides is 2. The maximum Gasteiger partial charge on any atom is 0.267 e. The van der Waals surface area contributed by atoms with Gasteiger partial charge >= 0.3 is 0 Å². The van der Waals surface area contributed by atoms with Crippen molar-refractivity contribution in [3.05, 3.63) is 17.8 Å². The minimum absolute atomic E-state index is 0.105. The van der Waals surface area contributed by atoms with E-state index in [1.165, 1.54) is 12.1 Å². The third-order valence-electron chi connectivity index (χ3n) is 2.07. The number of rotatable bonds is 5. The van der Waals surface area contributed by atoms with Crippen LogP contribution in [0, 0.1) is 0 Å². The molecule has 17 heavy (non-hydrogen) atoms. The number of nitrogen functional groups attached to an aromatic ring is 1. The SMILES string of the molecule is CC(CC(N)=O)Nc1nc(C(N)=O)ccc1N. The minimum Gasteiger partial charge on any atom is -0.396 e. The molecular formula is C10H15N5O2. The lowest BCUT2D eigenvalue weighted by molar-refractivity contribution is -0.118. The number of carbonyl (C=O) groups is 2. The van der Waals surface area contributed by atoms with Crippen molar-refractivity contribution >= 4 is 23.3 Å². The predicted octanol–water partition coefficient (Wildman–Crippen LogP) is -0.561. The summed E-state index contributed by atoms with van der Waals surface area (Å²) >= 11 is 0. The average Bonchev–Trinajstić information content (AvgIpc) is 2.19. The molecule has 7 N–H and O–H groups in total. The summed E-state index contributed by atoms with van der Waals surface area (Å²) in [6.07, 6.45) is 0.141. The Bertz CT molecular complexity index is 446. The Morgan fingerprint density at radius 3 is 2.59 bits per heavy atom. The highest BCUT2D eigenvalue weighted by Crippen LogP contribution is 2.17. The molecule has 0 bridgehead atoms. The van der Waals surface area contributed by atoms with Crippen molar-refractivity contribution in [2.45, 2.75) is 19.4 Å². The average molecular weight is 237 g/mol. The van der Waals surface area contributed by atoms with Gasteiger partial charge < -0.3 is 22.5 Å². The zero-order valence-corrected chi connectivity index (χ0v) is 9.43. The molecule has 1 atom stereocenters. The van der Waals surface area contributed by atoms with Gasteiger partial charge in [-0.2, -0.15) is 0 Å². The Labute approximate surface area is 98.4 Å². The molecule has 1 heterocycles. The van der Waals surface area contributed by atoms with Gasteiger partial charge in [0, 0.05) is 12.5 Å².